The van der Waals surface area contributed by atoms with Gasteiger partial charge in [-0.1, -0.05) is 18.1 Å². The Bertz CT molecular complexity index is 324. The molecule has 1 unspecified atom stereocenters. The van der Waals surface area contributed by atoms with E-state index in [4.69, 9.17) is 10.9 Å². The Morgan fingerprint density at radius 2 is 2.44 bits per heavy atom. The monoisotopic (exact) mass is 241 g/mol. The Morgan fingerprint density at radius 1 is 1.69 bits per heavy atom. The molecule has 0 aliphatic heterocycles. The normalized spacial score (nSPS) is 16.0. The van der Waals surface area contributed by atoms with Crippen molar-refractivity contribution in [2.75, 3.05) is 0 Å². The molecule has 4 nitrogen and oxygen atoms in total. The maximum Gasteiger partial charge on any atom is 0.140 e. The van der Waals surface area contributed by atoms with Crippen molar-refractivity contribution in [2.45, 2.75) is 38.8 Å². The van der Waals surface area contributed by atoms with E-state index in [1.54, 1.807) is 11.3 Å². The van der Waals surface area contributed by atoms with Gasteiger partial charge in [0.25, 0.3) is 0 Å². The number of hydrogen-bond donors (Lipinski definition) is 3. The molecule has 0 saturated carbocycles. The summed E-state index contributed by atoms with van der Waals surface area (Å²) in [5, 5.41) is 17.1. The lowest BCUT2D eigenvalue weighted by atomic mass is 10.1. The van der Waals surface area contributed by atoms with E-state index in [2.05, 4.69) is 35.8 Å². The van der Waals surface area contributed by atoms with Crippen LogP contribution in [-0.4, -0.2) is 17.1 Å². The molecule has 1 aromatic heterocycles. The Balaban J connectivity index is 2.50. The molecule has 1 aromatic rings. The average molecular weight is 241 g/mol. The molecule has 0 amide bonds. The van der Waals surface area contributed by atoms with Crippen molar-refractivity contribution in [1.29, 1.82) is 0 Å². The lowest BCUT2D eigenvalue weighted by Gasteiger charge is -2.21. The highest BCUT2D eigenvalue weighted by atomic mass is 32.1. The minimum Gasteiger partial charge on any atom is -0.409 e. The summed E-state index contributed by atoms with van der Waals surface area (Å²) < 4.78 is 0. The standard InChI is InChI=1S/C11H19N3OS/c1-3-9(7-11(12)14-15)13-8(2)10-5-4-6-16-10/h4-6,8-9,13,15H,3,7H2,1-2H3,(H2,12,14)/t8-,9?/m1/s1. The molecule has 0 aliphatic rings. The van der Waals surface area contributed by atoms with Crippen LogP contribution in [0.25, 0.3) is 0 Å². The van der Waals surface area contributed by atoms with Crippen LogP contribution in [0.5, 0.6) is 0 Å². The largest absolute Gasteiger partial charge is 0.409 e. The van der Waals surface area contributed by atoms with Crippen molar-refractivity contribution in [2.24, 2.45) is 10.9 Å². The fourth-order valence-electron chi connectivity index (χ4n) is 1.59. The lowest BCUT2D eigenvalue weighted by molar-refractivity contribution is 0.315. The van der Waals surface area contributed by atoms with E-state index >= 15 is 0 Å². The van der Waals surface area contributed by atoms with Crippen LogP contribution in [-0.2, 0) is 0 Å². The van der Waals surface area contributed by atoms with Crippen molar-refractivity contribution in [3.8, 4) is 0 Å². The van der Waals surface area contributed by atoms with Gasteiger partial charge in [-0.25, -0.2) is 0 Å². The third kappa shape index (κ3) is 3.83. The number of amidine groups is 1. The Labute approximate surface area is 100 Å². The van der Waals surface area contributed by atoms with E-state index in [0.717, 1.165) is 6.42 Å². The Kier molecular flexibility index (Phi) is 5.28. The number of nitrogens with one attached hydrogen (secondary N) is 1. The van der Waals surface area contributed by atoms with Crippen molar-refractivity contribution < 1.29 is 5.21 Å². The first-order valence-electron chi connectivity index (χ1n) is 5.43. The zero-order valence-corrected chi connectivity index (χ0v) is 10.5. The Hall–Kier alpha value is -1.07. The van der Waals surface area contributed by atoms with Crippen LogP contribution >= 0.6 is 11.3 Å². The molecule has 0 aliphatic carbocycles. The predicted octanol–water partition coefficient (Wildman–Crippen LogP) is 2.31. The van der Waals surface area contributed by atoms with Crippen LogP contribution in [0, 0.1) is 0 Å². The van der Waals surface area contributed by atoms with Crippen LogP contribution in [0.2, 0.25) is 0 Å². The van der Waals surface area contributed by atoms with Crippen LogP contribution in [0.1, 0.15) is 37.6 Å². The summed E-state index contributed by atoms with van der Waals surface area (Å²) in [6.45, 7) is 4.21. The molecule has 2 atom stereocenters. The highest BCUT2D eigenvalue weighted by molar-refractivity contribution is 7.10. The number of rotatable bonds is 6. The quantitative estimate of drug-likeness (QED) is 0.310. The second kappa shape index (κ2) is 6.50. The molecule has 0 bridgehead atoms. The first-order valence-corrected chi connectivity index (χ1v) is 6.31. The highest BCUT2D eigenvalue weighted by Gasteiger charge is 2.13. The highest BCUT2D eigenvalue weighted by Crippen LogP contribution is 2.19. The molecule has 0 fully saturated rings. The predicted molar refractivity (Wildman–Crippen MR) is 68.0 cm³/mol. The van der Waals surface area contributed by atoms with E-state index in [1.165, 1.54) is 4.88 Å². The first-order chi connectivity index (χ1) is 7.67. The lowest BCUT2D eigenvalue weighted by Crippen LogP contribution is -2.34. The van der Waals surface area contributed by atoms with Crippen LogP contribution < -0.4 is 11.1 Å². The van der Waals surface area contributed by atoms with Gasteiger partial charge in [-0.15, -0.1) is 11.3 Å². The van der Waals surface area contributed by atoms with Crippen molar-refractivity contribution >= 4 is 17.2 Å². The smallest absolute Gasteiger partial charge is 0.140 e. The van der Waals surface area contributed by atoms with Gasteiger partial charge < -0.3 is 16.3 Å². The topological polar surface area (TPSA) is 70.6 Å². The van der Waals surface area contributed by atoms with Crippen LogP contribution in [0.4, 0.5) is 0 Å². The number of thiophene rings is 1. The zero-order chi connectivity index (χ0) is 12.0. The van der Waals surface area contributed by atoms with Gasteiger partial charge >= 0.3 is 0 Å². The Morgan fingerprint density at radius 3 is 2.94 bits per heavy atom. The first kappa shape index (κ1) is 13.0. The second-order valence-corrected chi connectivity index (χ2v) is 4.78. The minimum atomic E-state index is 0.244. The summed E-state index contributed by atoms with van der Waals surface area (Å²) in [4.78, 5) is 1.30. The van der Waals surface area contributed by atoms with Crippen LogP contribution in [0.3, 0.4) is 0 Å². The summed E-state index contributed by atoms with van der Waals surface area (Å²) in [6, 6.07) is 4.70. The zero-order valence-electron chi connectivity index (χ0n) is 9.68. The van der Waals surface area contributed by atoms with Gasteiger partial charge in [0.15, 0.2) is 0 Å². The number of hydrogen-bond acceptors (Lipinski definition) is 4. The number of nitrogens with zero attached hydrogens (tertiary/aromatic N) is 1. The van der Waals surface area contributed by atoms with Crippen LogP contribution in [0.15, 0.2) is 22.7 Å². The summed E-state index contributed by atoms with van der Waals surface area (Å²) in [5.74, 6) is 0.276. The van der Waals surface area contributed by atoms with Gasteiger partial charge in [0.1, 0.15) is 5.84 Å². The van der Waals surface area contributed by atoms with Gasteiger partial charge in [-0.2, -0.15) is 0 Å². The fourth-order valence-corrected chi connectivity index (χ4v) is 2.33. The molecule has 0 aromatic carbocycles. The number of nitrogens with two attached hydrogens (primary N) is 1. The van der Waals surface area contributed by atoms with E-state index in [-0.39, 0.29) is 11.9 Å². The second-order valence-electron chi connectivity index (χ2n) is 3.80. The van der Waals surface area contributed by atoms with Gasteiger partial charge in [0.2, 0.25) is 0 Å². The molecule has 4 N–H and O–H groups in total. The fraction of sp³-hybridized carbons (Fsp3) is 0.545. The molecule has 16 heavy (non-hydrogen) atoms. The summed E-state index contributed by atoms with van der Waals surface area (Å²) in [5.41, 5.74) is 5.51. The van der Waals surface area contributed by atoms with Crippen molar-refractivity contribution in [3.63, 3.8) is 0 Å². The summed E-state index contributed by atoms with van der Waals surface area (Å²) in [6.07, 6.45) is 1.52. The minimum absolute atomic E-state index is 0.244. The molecule has 90 valence electrons. The van der Waals surface area contributed by atoms with E-state index in [0.29, 0.717) is 12.5 Å². The molecule has 0 spiro atoms. The van der Waals surface area contributed by atoms with E-state index in [9.17, 15) is 0 Å². The molecule has 1 rings (SSSR count). The summed E-state index contributed by atoms with van der Waals surface area (Å²) >= 11 is 1.73. The van der Waals surface area contributed by atoms with Gasteiger partial charge in [0.05, 0.1) is 0 Å². The van der Waals surface area contributed by atoms with Gasteiger partial charge in [-0.05, 0) is 24.8 Å². The van der Waals surface area contributed by atoms with Gasteiger partial charge in [-0.3, -0.25) is 0 Å². The van der Waals surface area contributed by atoms with E-state index < -0.39 is 0 Å². The average Bonchev–Trinajstić information content (AvgIpc) is 2.81. The molecule has 5 heteroatoms. The SMILES string of the molecule is CCC(C/C(N)=N/O)N[C@H](C)c1cccs1. The molecular weight excluding hydrogens is 222 g/mol. The number of oxime groups is 1. The maximum atomic E-state index is 8.53. The third-order valence-corrected chi connectivity index (χ3v) is 3.59. The van der Waals surface area contributed by atoms with E-state index in [1.807, 2.05) is 6.07 Å². The van der Waals surface area contributed by atoms with Crippen molar-refractivity contribution in [3.05, 3.63) is 22.4 Å². The maximum absolute atomic E-state index is 8.53. The third-order valence-electron chi connectivity index (χ3n) is 2.53. The molecule has 0 radical (unpaired) electrons. The molecule has 0 saturated heterocycles. The summed E-state index contributed by atoms with van der Waals surface area (Å²) in [7, 11) is 0. The van der Waals surface area contributed by atoms with Crippen molar-refractivity contribution in [1.82, 2.24) is 5.32 Å². The molecule has 1 heterocycles. The van der Waals surface area contributed by atoms with Gasteiger partial charge in [0, 0.05) is 23.4 Å². The molecular formula is C11H19N3OS.